The maximum absolute atomic E-state index is 11.6. The molecule has 2 fully saturated rings. The number of nitrogens with one attached hydrogen (secondary N) is 1. The smallest absolute Gasteiger partial charge is 0.323 e. The summed E-state index contributed by atoms with van der Waals surface area (Å²) in [7, 11) is 0. The summed E-state index contributed by atoms with van der Waals surface area (Å²) >= 11 is 12.4. The maximum atomic E-state index is 11.6. The summed E-state index contributed by atoms with van der Waals surface area (Å²) < 4.78 is 10.5. The molecular formula is C16H19Cl2NO3. The zero-order valence-corrected chi connectivity index (χ0v) is 13.8. The minimum atomic E-state index is -0.217. The highest BCUT2D eigenvalue weighted by atomic mass is 35.5. The number of esters is 1. The summed E-state index contributed by atoms with van der Waals surface area (Å²) in [6.07, 6.45) is 2.45. The van der Waals surface area contributed by atoms with Crippen molar-refractivity contribution in [3.63, 3.8) is 0 Å². The summed E-state index contributed by atoms with van der Waals surface area (Å²) in [6.45, 7) is 2.55. The lowest BCUT2D eigenvalue weighted by Gasteiger charge is -2.39. The van der Waals surface area contributed by atoms with E-state index >= 15 is 0 Å². The van der Waals surface area contributed by atoms with E-state index in [1.807, 2.05) is 12.1 Å². The van der Waals surface area contributed by atoms with Gasteiger partial charge < -0.3 is 14.8 Å². The second kappa shape index (κ2) is 6.75. The molecule has 2 saturated heterocycles. The largest absolute Gasteiger partial charge is 0.464 e. The molecule has 6 heteroatoms. The number of hydrogen-bond acceptors (Lipinski definition) is 4. The Labute approximate surface area is 140 Å². The fourth-order valence-electron chi connectivity index (χ4n) is 3.22. The van der Waals surface area contributed by atoms with Gasteiger partial charge in [-0.1, -0.05) is 29.3 Å². The third-order valence-corrected chi connectivity index (χ3v) is 5.12. The van der Waals surface area contributed by atoms with Crippen LogP contribution in [-0.2, 0) is 19.7 Å². The molecule has 1 aromatic carbocycles. The van der Waals surface area contributed by atoms with Gasteiger partial charge in [0.2, 0.25) is 0 Å². The van der Waals surface area contributed by atoms with Crippen LogP contribution in [0.15, 0.2) is 18.2 Å². The first-order valence-corrected chi connectivity index (χ1v) is 8.30. The molecule has 1 aromatic rings. The Kier molecular flexibility index (Phi) is 4.93. The highest BCUT2D eigenvalue weighted by molar-refractivity contribution is 6.35. The molecule has 120 valence electrons. The zero-order chi connectivity index (χ0) is 15.6. The van der Waals surface area contributed by atoms with E-state index in [1.54, 1.807) is 6.07 Å². The average molecular weight is 344 g/mol. The minimum absolute atomic E-state index is 0.136. The molecular weight excluding hydrogens is 325 g/mol. The van der Waals surface area contributed by atoms with Gasteiger partial charge in [0.1, 0.15) is 6.04 Å². The van der Waals surface area contributed by atoms with Gasteiger partial charge >= 0.3 is 5.97 Å². The number of ether oxygens (including phenoxy) is 2. The molecule has 0 unspecified atom stereocenters. The van der Waals surface area contributed by atoms with E-state index in [0.29, 0.717) is 36.4 Å². The standard InChI is InChI=1S/C16H19Cl2NO3/c17-11-1-2-12(13(18)9-11)16(4-7-21-8-5-16)10-19-14-3-6-22-15(14)20/h1-2,9,14,19H,3-8,10H2/t14-/m1/s1. The summed E-state index contributed by atoms with van der Waals surface area (Å²) in [5.41, 5.74) is 0.934. The number of halogens is 2. The Morgan fingerprint density at radius 2 is 2.00 bits per heavy atom. The van der Waals surface area contributed by atoms with E-state index in [-0.39, 0.29) is 17.4 Å². The van der Waals surface area contributed by atoms with E-state index in [1.165, 1.54) is 0 Å². The number of carbonyl (C=O) groups excluding carboxylic acids is 1. The molecule has 0 bridgehead atoms. The second-order valence-corrected chi connectivity index (χ2v) is 6.75. The van der Waals surface area contributed by atoms with Crippen molar-refractivity contribution in [1.29, 1.82) is 0 Å². The fraction of sp³-hybridized carbons (Fsp3) is 0.562. The molecule has 22 heavy (non-hydrogen) atoms. The van der Waals surface area contributed by atoms with Gasteiger partial charge in [0.05, 0.1) is 6.61 Å². The van der Waals surface area contributed by atoms with Crippen LogP contribution in [0.4, 0.5) is 0 Å². The van der Waals surface area contributed by atoms with Crippen LogP contribution in [0.2, 0.25) is 10.0 Å². The number of rotatable bonds is 4. The van der Waals surface area contributed by atoms with E-state index in [9.17, 15) is 4.79 Å². The average Bonchev–Trinajstić information content (AvgIpc) is 2.91. The lowest BCUT2D eigenvalue weighted by Crippen LogP contribution is -2.47. The second-order valence-electron chi connectivity index (χ2n) is 5.91. The Morgan fingerprint density at radius 3 is 2.64 bits per heavy atom. The first-order chi connectivity index (χ1) is 10.6. The third kappa shape index (κ3) is 3.25. The Bertz CT molecular complexity index is 558. The molecule has 2 heterocycles. The zero-order valence-electron chi connectivity index (χ0n) is 12.2. The molecule has 2 aliphatic heterocycles. The minimum Gasteiger partial charge on any atom is -0.464 e. The third-order valence-electron chi connectivity index (χ3n) is 4.57. The van der Waals surface area contributed by atoms with Gasteiger partial charge in [-0.3, -0.25) is 4.79 Å². The molecule has 0 radical (unpaired) electrons. The van der Waals surface area contributed by atoms with Crippen LogP contribution in [0.25, 0.3) is 0 Å². The Morgan fingerprint density at radius 1 is 1.23 bits per heavy atom. The van der Waals surface area contributed by atoms with Crippen molar-refractivity contribution >= 4 is 29.2 Å². The first kappa shape index (κ1) is 16.1. The van der Waals surface area contributed by atoms with Gasteiger partial charge in [-0.2, -0.15) is 0 Å². The normalized spacial score (nSPS) is 24.3. The summed E-state index contributed by atoms with van der Waals surface area (Å²) in [4.78, 5) is 11.6. The summed E-state index contributed by atoms with van der Waals surface area (Å²) in [5, 5.41) is 4.66. The van der Waals surface area contributed by atoms with E-state index in [0.717, 1.165) is 24.8 Å². The predicted octanol–water partition coefficient (Wildman–Crippen LogP) is 2.95. The molecule has 3 rings (SSSR count). The van der Waals surface area contributed by atoms with Gasteiger partial charge in [0.25, 0.3) is 0 Å². The van der Waals surface area contributed by atoms with Crippen LogP contribution in [-0.4, -0.2) is 38.4 Å². The fourth-order valence-corrected chi connectivity index (χ4v) is 3.83. The lowest BCUT2D eigenvalue weighted by molar-refractivity contribution is -0.139. The molecule has 0 spiro atoms. The quantitative estimate of drug-likeness (QED) is 0.854. The van der Waals surface area contributed by atoms with Gasteiger partial charge in [-0.05, 0) is 30.5 Å². The number of benzene rings is 1. The van der Waals surface area contributed by atoms with Crippen molar-refractivity contribution in [2.45, 2.75) is 30.7 Å². The van der Waals surface area contributed by atoms with Gasteiger partial charge in [-0.25, -0.2) is 0 Å². The SMILES string of the molecule is O=C1OCC[C@H]1NCC1(c2ccc(Cl)cc2Cl)CCOCC1. The first-order valence-electron chi connectivity index (χ1n) is 7.54. The van der Waals surface area contributed by atoms with E-state index < -0.39 is 0 Å². The molecule has 0 saturated carbocycles. The van der Waals surface area contributed by atoms with Crippen LogP contribution >= 0.6 is 23.2 Å². The van der Waals surface area contributed by atoms with Gasteiger partial charge in [0.15, 0.2) is 0 Å². The molecule has 1 atom stereocenters. The predicted molar refractivity (Wildman–Crippen MR) is 85.6 cm³/mol. The van der Waals surface area contributed by atoms with E-state index in [2.05, 4.69) is 5.32 Å². The van der Waals surface area contributed by atoms with Crippen LogP contribution in [0.1, 0.15) is 24.8 Å². The maximum Gasteiger partial charge on any atom is 0.323 e. The van der Waals surface area contributed by atoms with E-state index in [4.69, 9.17) is 32.7 Å². The van der Waals surface area contributed by atoms with Gasteiger partial charge in [0, 0.05) is 41.6 Å². The van der Waals surface area contributed by atoms with Crippen molar-refractivity contribution in [2.24, 2.45) is 0 Å². The molecule has 1 N–H and O–H groups in total. The Hall–Kier alpha value is -0.810. The van der Waals surface area contributed by atoms with Crippen LogP contribution < -0.4 is 5.32 Å². The summed E-state index contributed by atoms with van der Waals surface area (Å²) in [6, 6.07) is 5.42. The molecule has 0 amide bonds. The highest BCUT2D eigenvalue weighted by Crippen LogP contribution is 2.39. The number of cyclic esters (lactones) is 1. The molecule has 0 aromatic heterocycles. The van der Waals surface area contributed by atoms with Crippen LogP contribution in [0.3, 0.4) is 0 Å². The van der Waals surface area contributed by atoms with Crippen LogP contribution in [0.5, 0.6) is 0 Å². The van der Waals surface area contributed by atoms with Crippen LogP contribution in [0, 0.1) is 0 Å². The lowest BCUT2D eigenvalue weighted by atomic mass is 9.74. The molecule has 4 nitrogen and oxygen atoms in total. The van der Waals surface area contributed by atoms with Crippen molar-refractivity contribution in [3.05, 3.63) is 33.8 Å². The summed E-state index contributed by atoms with van der Waals surface area (Å²) in [5.74, 6) is -0.163. The van der Waals surface area contributed by atoms with Crippen molar-refractivity contribution in [3.8, 4) is 0 Å². The highest BCUT2D eigenvalue weighted by Gasteiger charge is 2.38. The van der Waals surface area contributed by atoms with Gasteiger partial charge in [-0.15, -0.1) is 0 Å². The Balaban J connectivity index is 1.82. The molecule has 2 aliphatic rings. The monoisotopic (exact) mass is 343 g/mol. The van der Waals surface area contributed by atoms with Crippen molar-refractivity contribution in [1.82, 2.24) is 5.32 Å². The number of carbonyl (C=O) groups is 1. The van der Waals surface area contributed by atoms with Crippen molar-refractivity contribution in [2.75, 3.05) is 26.4 Å². The van der Waals surface area contributed by atoms with Crippen molar-refractivity contribution < 1.29 is 14.3 Å². The number of hydrogen-bond donors (Lipinski definition) is 1. The molecule has 0 aliphatic carbocycles. The topological polar surface area (TPSA) is 47.6 Å².